The minimum atomic E-state index is -4.43. The van der Waals surface area contributed by atoms with Gasteiger partial charge in [-0.25, -0.2) is 9.97 Å². The fourth-order valence-electron chi connectivity index (χ4n) is 4.00. The quantitative estimate of drug-likeness (QED) is 0.283. The number of alkyl halides is 3. The number of benzene rings is 2. The molecular weight excluding hydrogens is 505 g/mol. The zero-order valence-electron chi connectivity index (χ0n) is 19.7. The summed E-state index contributed by atoms with van der Waals surface area (Å²) in [6.07, 6.45) is -2.32. The molecule has 0 unspecified atom stereocenters. The van der Waals surface area contributed by atoms with Gasteiger partial charge in [0.15, 0.2) is 10.9 Å². The molecule has 192 valence electrons. The molecule has 1 saturated heterocycles. The molecule has 1 amide bonds. The Kier molecular flexibility index (Phi) is 6.94. The van der Waals surface area contributed by atoms with Crippen molar-refractivity contribution in [2.75, 3.05) is 23.7 Å². The average Bonchev–Trinajstić information content (AvgIpc) is 3.52. The smallest absolute Gasteiger partial charge is 0.416 e. The van der Waals surface area contributed by atoms with E-state index < -0.39 is 11.7 Å². The Labute approximate surface area is 214 Å². The average molecular weight is 529 g/mol. The van der Waals surface area contributed by atoms with Crippen molar-refractivity contribution in [3.8, 4) is 22.9 Å². The van der Waals surface area contributed by atoms with Crippen molar-refractivity contribution in [2.24, 2.45) is 0 Å². The molecule has 5 rings (SSSR count). The maximum Gasteiger partial charge on any atom is 0.416 e. The van der Waals surface area contributed by atoms with Gasteiger partial charge in [-0.15, -0.1) is 0 Å². The van der Waals surface area contributed by atoms with Crippen LogP contribution in [0.5, 0.6) is 11.6 Å². The zero-order valence-corrected chi connectivity index (χ0v) is 20.5. The molecule has 4 aromatic rings. The highest BCUT2D eigenvalue weighted by Gasteiger charge is 2.30. The SMILES string of the molecule is CC(=O)Nc1nc2c(Oc3cc(-c4ccc(C(F)(F)F)cc4)nc(NC[C@@H]4CCCN4)n3)cccc2s1. The summed E-state index contributed by atoms with van der Waals surface area (Å²) in [4.78, 5) is 24.9. The second-order valence-electron chi connectivity index (χ2n) is 8.57. The first-order valence-electron chi connectivity index (χ1n) is 11.6. The third-order valence-corrected chi connectivity index (χ3v) is 6.70. The first-order chi connectivity index (χ1) is 17.7. The van der Waals surface area contributed by atoms with E-state index in [1.165, 1.54) is 30.4 Å². The zero-order chi connectivity index (χ0) is 26.0. The minimum absolute atomic E-state index is 0.202. The number of aromatic nitrogens is 3. The molecule has 2 aromatic heterocycles. The fourth-order valence-corrected chi connectivity index (χ4v) is 4.93. The molecule has 1 atom stereocenters. The van der Waals surface area contributed by atoms with Gasteiger partial charge in [0.2, 0.25) is 17.7 Å². The van der Waals surface area contributed by atoms with E-state index in [-0.39, 0.29) is 17.8 Å². The molecule has 1 aliphatic rings. The van der Waals surface area contributed by atoms with Crippen LogP contribution in [0.15, 0.2) is 48.5 Å². The molecule has 12 heteroatoms. The van der Waals surface area contributed by atoms with Crippen molar-refractivity contribution in [1.29, 1.82) is 0 Å². The lowest BCUT2D eigenvalue weighted by molar-refractivity contribution is -0.137. The van der Waals surface area contributed by atoms with Gasteiger partial charge >= 0.3 is 6.18 Å². The van der Waals surface area contributed by atoms with E-state index in [0.717, 1.165) is 36.2 Å². The van der Waals surface area contributed by atoms with Crippen molar-refractivity contribution >= 4 is 38.5 Å². The van der Waals surface area contributed by atoms with Crippen LogP contribution < -0.4 is 20.7 Å². The summed E-state index contributed by atoms with van der Waals surface area (Å²) in [6, 6.07) is 12.0. The van der Waals surface area contributed by atoms with Gasteiger partial charge in [-0.2, -0.15) is 18.2 Å². The number of halogens is 3. The lowest BCUT2D eigenvalue weighted by atomic mass is 10.1. The Morgan fingerprint density at radius 3 is 2.68 bits per heavy atom. The van der Waals surface area contributed by atoms with E-state index in [4.69, 9.17) is 4.74 Å². The number of ether oxygens (including phenoxy) is 1. The summed E-state index contributed by atoms with van der Waals surface area (Å²) >= 11 is 1.31. The first-order valence-corrected chi connectivity index (χ1v) is 12.5. The van der Waals surface area contributed by atoms with Gasteiger partial charge in [-0.05, 0) is 43.7 Å². The second-order valence-corrected chi connectivity index (χ2v) is 9.60. The predicted octanol–water partition coefficient (Wildman–Crippen LogP) is 5.69. The number of para-hydroxylation sites is 1. The van der Waals surface area contributed by atoms with Crippen molar-refractivity contribution in [3.63, 3.8) is 0 Å². The van der Waals surface area contributed by atoms with Crippen LogP contribution in [0.4, 0.5) is 24.3 Å². The fraction of sp³-hybridized carbons (Fsp3) is 0.280. The molecule has 37 heavy (non-hydrogen) atoms. The highest BCUT2D eigenvalue weighted by molar-refractivity contribution is 7.22. The Hall–Kier alpha value is -3.77. The molecular formula is C25H23F3N6O2S. The van der Waals surface area contributed by atoms with E-state index >= 15 is 0 Å². The maximum absolute atomic E-state index is 13.1. The van der Waals surface area contributed by atoms with Crippen LogP contribution in [-0.2, 0) is 11.0 Å². The van der Waals surface area contributed by atoms with Crippen LogP contribution in [0, 0.1) is 0 Å². The van der Waals surface area contributed by atoms with Gasteiger partial charge in [-0.1, -0.05) is 29.5 Å². The Balaban J connectivity index is 1.48. The second kappa shape index (κ2) is 10.3. The number of hydrogen-bond donors (Lipinski definition) is 3. The van der Waals surface area contributed by atoms with Gasteiger partial charge in [0, 0.05) is 31.1 Å². The number of anilines is 2. The van der Waals surface area contributed by atoms with E-state index in [2.05, 4.69) is 30.9 Å². The summed E-state index contributed by atoms with van der Waals surface area (Å²) in [6.45, 7) is 2.95. The maximum atomic E-state index is 13.1. The van der Waals surface area contributed by atoms with Gasteiger partial charge in [0.05, 0.1) is 16.0 Å². The molecule has 0 saturated carbocycles. The number of nitrogens with zero attached hydrogens (tertiary/aromatic N) is 3. The summed E-state index contributed by atoms with van der Waals surface area (Å²) in [5, 5.41) is 9.72. The number of thiazole rings is 1. The van der Waals surface area contributed by atoms with Crippen LogP contribution in [0.1, 0.15) is 25.3 Å². The summed E-state index contributed by atoms with van der Waals surface area (Å²) in [5.74, 6) is 0.690. The van der Waals surface area contributed by atoms with Crippen molar-refractivity contribution in [2.45, 2.75) is 32.0 Å². The van der Waals surface area contributed by atoms with Gasteiger partial charge in [-0.3, -0.25) is 4.79 Å². The van der Waals surface area contributed by atoms with Gasteiger partial charge in [0.1, 0.15) is 5.52 Å². The number of carbonyl (C=O) groups excluding carboxylic acids is 1. The highest BCUT2D eigenvalue weighted by atomic mass is 32.1. The van der Waals surface area contributed by atoms with Crippen LogP contribution in [0.3, 0.4) is 0 Å². The molecule has 8 nitrogen and oxygen atoms in total. The largest absolute Gasteiger partial charge is 0.437 e. The van der Waals surface area contributed by atoms with Crippen LogP contribution in [-0.4, -0.2) is 40.0 Å². The lowest BCUT2D eigenvalue weighted by Gasteiger charge is -2.14. The molecule has 3 N–H and O–H groups in total. The molecule has 0 spiro atoms. The van der Waals surface area contributed by atoms with E-state index in [1.807, 2.05) is 6.07 Å². The molecule has 0 radical (unpaired) electrons. The number of amides is 1. The topological polar surface area (TPSA) is 101 Å². The molecule has 3 heterocycles. The Morgan fingerprint density at radius 2 is 1.97 bits per heavy atom. The van der Waals surface area contributed by atoms with Gasteiger partial charge < -0.3 is 20.7 Å². The number of rotatable bonds is 7. The lowest BCUT2D eigenvalue weighted by Crippen LogP contribution is -2.29. The highest BCUT2D eigenvalue weighted by Crippen LogP contribution is 2.36. The van der Waals surface area contributed by atoms with Crippen molar-refractivity contribution in [3.05, 3.63) is 54.1 Å². The summed E-state index contributed by atoms with van der Waals surface area (Å²) < 4.78 is 46.1. The predicted molar refractivity (Wildman–Crippen MR) is 136 cm³/mol. The van der Waals surface area contributed by atoms with Crippen LogP contribution in [0.25, 0.3) is 21.5 Å². The van der Waals surface area contributed by atoms with E-state index in [1.54, 1.807) is 18.2 Å². The molecule has 0 aliphatic carbocycles. The van der Waals surface area contributed by atoms with Crippen molar-refractivity contribution < 1.29 is 22.7 Å². The molecule has 2 aromatic carbocycles. The number of carbonyl (C=O) groups is 1. The molecule has 1 fully saturated rings. The summed E-state index contributed by atoms with van der Waals surface area (Å²) in [7, 11) is 0. The van der Waals surface area contributed by atoms with E-state index in [9.17, 15) is 18.0 Å². The van der Waals surface area contributed by atoms with Crippen LogP contribution >= 0.6 is 11.3 Å². The first kappa shape index (κ1) is 24.9. The number of hydrogen-bond acceptors (Lipinski definition) is 8. The third-order valence-electron chi connectivity index (χ3n) is 5.76. The third kappa shape index (κ3) is 5.97. The number of nitrogens with one attached hydrogen (secondary N) is 3. The molecule has 1 aliphatic heterocycles. The summed E-state index contributed by atoms with van der Waals surface area (Å²) in [5.41, 5.74) is 0.709. The Bertz CT molecular complexity index is 1420. The van der Waals surface area contributed by atoms with E-state index in [0.29, 0.717) is 40.1 Å². The number of fused-ring (bicyclic) bond motifs is 1. The van der Waals surface area contributed by atoms with Crippen LogP contribution in [0.2, 0.25) is 0 Å². The minimum Gasteiger partial charge on any atom is -0.437 e. The van der Waals surface area contributed by atoms with Gasteiger partial charge in [0.25, 0.3) is 0 Å². The monoisotopic (exact) mass is 528 g/mol. The Morgan fingerprint density at radius 1 is 1.16 bits per heavy atom. The molecule has 0 bridgehead atoms. The normalized spacial score (nSPS) is 15.6. The van der Waals surface area contributed by atoms with Crippen molar-refractivity contribution in [1.82, 2.24) is 20.3 Å². The standard InChI is InChI=1S/C25H23F3N6O2S/c1-14(35)31-24-34-22-19(5-2-6-20(22)37-24)36-21-12-18(15-7-9-16(10-8-15)25(26,27)28)32-23(33-21)30-13-17-4-3-11-29-17/h2,5-10,12,17,29H,3-4,11,13H2,1H3,(H,30,32,33)(H,31,34,35)/t17-/m0/s1.